The van der Waals surface area contributed by atoms with E-state index in [-0.39, 0.29) is 43.8 Å². The van der Waals surface area contributed by atoms with Crippen LogP contribution in [0.25, 0.3) is 10.4 Å². The van der Waals surface area contributed by atoms with Gasteiger partial charge in [0.1, 0.15) is 30.4 Å². The summed E-state index contributed by atoms with van der Waals surface area (Å²) >= 11 is 1.36. The van der Waals surface area contributed by atoms with Crippen LogP contribution in [0.5, 0.6) is 5.75 Å². The number of likely N-dealkylation sites (tertiary alicyclic amines) is 1. The predicted octanol–water partition coefficient (Wildman–Crippen LogP) is 6.36. The minimum absolute atomic E-state index is 0.0567. The molecule has 0 aliphatic carbocycles. The van der Waals surface area contributed by atoms with Gasteiger partial charge in [-0.25, -0.2) is 8.78 Å². The van der Waals surface area contributed by atoms with Crippen molar-refractivity contribution in [3.63, 3.8) is 0 Å². The normalized spacial score (nSPS) is 18.6. The number of halogens is 5. The summed E-state index contributed by atoms with van der Waals surface area (Å²) in [7, 11) is 0. The van der Waals surface area contributed by atoms with Gasteiger partial charge in [-0.15, -0.1) is 11.3 Å². The lowest BCUT2D eigenvalue weighted by Crippen LogP contribution is -2.49. The molecule has 1 amide bonds. The zero-order valence-electron chi connectivity index (χ0n) is 26.4. The van der Waals surface area contributed by atoms with E-state index in [0.717, 1.165) is 32.8 Å². The monoisotopic (exact) mass is 701 g/mol. The number of benzene rings is 2. The van der Waals surface area contributed by atoms with Crippen LogP contribution in [0.3, 0.4) is 0 Å². The van der Waals surface area contributed by atoms with E-state index in [1.807, 2.05) is 19.1 Å². The van der Waals surface area contributed by atoms with Crippen LogP contribution >= 0.6 is 11.3 Å². The van der Waals surface area contributed by atoms with Gasteiger partial charge >= 0.3 is 12.1 Å². The van der Waals surface area contributed by atoms with E-state index in [4.69, 9.17) is 4.74 Å². The highest BCUT2D eigenvalue weighted by atomic mass is 32.1. The highest BCUT2D eigenvalue weighted by Crippen LogP contribution is 2.42. The van der Waals surface area contributed by atoms with Gasteiger partial charge in [0, 0.05) is 52.8 Å². The van der Waals surface area contributed by atoms with Crippen LogP contribution in [0.2, 0.25) is 0 Å². The number of carbonyl (C=O) groups excluding carboxylic acids is 1. The molecule has 1 saturated heterocycles. The van der Waals surface area contributed by atoms with Gasteiger partial charge in [-0.3, -0.25) is 23.9 Å². The van der Waals surface area contributed by atoms with Gasteiger partial charge in [0.25, 0.3) is 5.56 Å². The fraction of sp³-hybridized carbons (Fsp3) is 0.343. The molecule has 6 rings (SSSR count). The summed E-state index contributed by atoms with van der Waals surface area (Å²) in [5.41, 5.74) is -0.579. The van der Waals surface area contributed by atoms with Crippen LogP contribution in [-0.4, -0.2) is 52.3 Å². The number of carboxylic acid groups (broad SMARTS) is 1. The maximum Gasteiger partial charge on any atom is 0.416 e. The second kappa shape index (κ2) is 13.4. The van der Waals surface area contributed by atoms with Crippen LogP contribution in [0.4, 0.5) is 22.0 Å². The van der Waals surface area contributed by atoms with Gasteiger partial charge in [-0.1, -0.05) is 18.2 Å². The standard InChI is InChI=1S/C35H32F5N3O5S/c1-18-4-3-5-28-32(18)29-11-23(19(2)49-29)27(13-31(45)46)41-34(47)33(24-10-20(17-48-28)6-7-26(24)37)43-14-21(8-9-42-15-22(36)16-42)25(12-30(43)44)35(38,39)40/h3-7,10-12,14,22,27,33H,8-9,13,15-17H2,1-2H3,(H,41,47)(H,45,46)/t27-,33+/m0/s1. The lowest BCUT2D eigenvalue weighted by molar-refractivity contribution is -0.139. The number of ether oxygens (including phenoxy) is 1. The molecule has 0 radical (unpaired) electrons. The van der Waals surface area contributed by atoms with Crippen molar-refractivity contribution in [2.45, 2.75) is 57.7 Å². The average molecular weight is 702 g/mol. The maximum atomic E-state index is 15.8. The molecular formula is C35H32F5N3O5S. The van der Waals surface area contributed by atoms with E-state index in [0.29, 0.717) is 27.8 Å². The highest BCUT2D eigenvalue weighted by Gasteiger charge is 2.37. The molecule has 2 atom stereocenters. The molecular weight excluding hydrogens is 669 g/mol. The van der Waals surface area contributed by atoms with Crippen molar-refractivity contribution in [3.8, 4) is 16.2 Å². The van der Waals surface area contributed by atoms with E-state index in [9.17, 15) is 37.1 Å². The molecule has 4 aromatic rings. The number of hydrogen-bond donors (Lipinski definition) is 2. The zero-order chi connectivity index (χ0) is 35.2. The van der Waals surface area contributed by atoms with Crippen LogP contribution in [-0.2, 0) is 28.8 Å². The number of aromatic nitrogens is 1. The molecule has 258 valence electrons. The summed E-state index contributed by atoms with van der Waals surface area (Å²) < 4.78 is 78.6. The fourth-order valence-corrected chi connectivity index (χ4v) is 7.60. The highest BCUT2D eigenvalue weighted by molar-refractivity contribution is 7.15. The SMILES string of the molecule is Cc1cccc2c1-c1cc(c(C)s1)[C@H](CC(=O)O)NC(=O)[C@H](n1cc(CCN3CC(F)C3)c(C(F)(F)F)cc1=O)c1cc(ccc1F)CO2. The second-order valence-electron chi connectivity index (χ2n) is 12.3. The van der Waals surface area contributed by atoms with Gasteiger partial charge in [-0.05, 0) is 66.8 Å². The maximum absolute atomic E-state index is 15.8. The van der Waals surface area contributed by atoms with Gasteiger partial charge in [-0.2, -0.15) is 13.2 Å². The molecule has 2 aliphatic heterocycles. The third-order valence-corrected chi connectivity index (χ3v) is 9.95. The van der Waals surface area contributed by atoms with E-state index in [2.05, 4.69) is 5.32 Å². The van der Waals surface area contributed by atoms with Crippen molar-refractivity contribution in [2.75, 3.05) is 19.6 Å². The minimum atomic E-state index is -4.92. The molecule has 2 aromatic carbocycles. The molecule has 4 heterocycles. The van der Waals surface area contributed by atoms with Gasteiger partial charge in [0.05, 0.1) is 18.0 Å². The van der Waals surface area contributed by atoms with E-state index in [1.54, 1.807) is 24.0 Å². The Balaban J connectivity index is 1.52. The molecule has 2 aromatic heterocycles. The van der Waals surface area contributed by atoms with Crippen LogP contribution in [0, 0.1) is 19.7 Å². The number of fused-ring (bicyclic) bond motifs is 6. The molecule has 0 unspecified atom stereocenters. The lowest BCUT2D eigenvalue weighted by Gasteiger charge is -2.34. The summed E-state index contributed by atoms with van der Waals surface area (Å²) in [5.74, 6) is -2.66. The number of pyridine rings is 1. The molecule has 0 spiro atoms. The van der Waals surface area contributed by atoms with Crippen molar-refractivity contribution in [2.24, 2.45) is 0 Å². The Labute approximate surface area is 281 Å². The van der Waals surface area contributed by atoms with Crippen LogP contribution in [0.15, 0.2) is 59.5 Å². The average Bonchev–Trinajstić information content (AvgIpc) is 3.39. The Morgan fingerprint density at radius 1 is 1.08 bits per heavy atom. The number of carbonyl (C=O) groups is 2. The van der Waals surface area contributed by atoms with E-state index < -0.39 is 59.7 Å². The molecule has 1 fully saturated rings. The summed E-state index contributed by atoms with van der Waals surface area (Å²) in [6.07, 6.45) is -5.91. The molecule has 4 bridgehead atoms. The number of aryl methyl sites for hydroxylation is 2. The van der Waals surface area contributed by atoms with Gasteiger partial charge in [0.15, 0.2) is 0 Å². The first-order valence-corrected chi connectivity index (χ1v) is 16.3. The number of alkyl halides is 4. The van der Waals surface area contributed by atoms with Crippen molar-refractivity contribution in [1.29, 1.82) is 0 Å². The van der Waals surface area contributed by atoms with E-state index in [1.165, 1.54) is 23.5 Å². The zero-order valence-corrected chi connectivity index (χ0v) is 27.3. The number of nitrogens with one attached hydrogen (secondary N) is 1. The number of nitrogens with zero attached hydrogens (tertiary/aromatic N) is 2. The Morgan fingerprint density at radius 3 is 2.53 bits per heavy atom. The molecule has 8 nitrogen and oxygen atoms in total. The van der Waals surface area contributed by atoms with Crippen molar-refractivity contribution >= 4 is 23.2 Å². The van der Waals surface area contributed by atoms with Crippen molar-refractivity contribution in [3.05, 3.63) is 109 Å². The number of hydrogen-bond acceptors (Lipinski definition) is 6. The second-order valence-corrected chi connectivity index (χ2v) is 13.6. The van der Waals surface area contributed by atoms with E-state index >= 15 is 4.39 Å². The third kappa shape index (κ3) is 7.11. The number of thiophene rings is 1. The largest absolute Gasteiger partial charge is 0.488 e. The van der Waals surface area contributed by atoms with Crippen molar-refractivity contribution in [1.82, 2.24) is 14.8 Å². The summed E-state index contributed by atoms with van der Waals surface area (Å²) in [6.45, 7) is 3.76. The van der Waals surface area contributed by atoms with Gasteiger partial charge < -0.3 is 15.2 Å². The Kier molecular flexibility index (Phi) is 9.38. The van der Waals surface area contributed by atoms with Crippen LogP contribution < -0.4 is 15.6 Å². The number of rotatable bonds is 6. The predicted molar refractivity (Wildman–Crippen MR) is 172 cm³/mol. The molecule has 2 N–H and O–H groups in total. The Morgan fingerprint density at radius 2 is 1.84 bits per heavy atom. The van der Waals surface area contributed by atoms with Crippen molar-refractivity contribution < 1.29 is 41.4 Å². The molecule has 49 heavy (non-hydrogen) atoms. The Bertz CT molecular complexity index is 1980. The first-order chi connectivity index (χ1) is 23.2. The number of carboxylic acids is 1. The minimum Gasteiger partial charge on any atom is -0.488 e. The molecule has 0 saturated carbocycles. The summed E-state index contributed by atoms with van der Waals surface area (Å²) in [5, 5.41) is 12.5. The fourth-order valence-electron chi connectivity index (χ4n) is 6.40. The van der Waals surface area contributed by atoms with Gasteiger partial charge in [0.2, 0.25) is 5.91 Å². The summed E-state index contributed by atoms with van der Waals surface area (Å²) in [6, 6.07) is 8.44. The topological polar surface area (TPSA) is 101 Å². The first-order valence-electron chi connectivity index (χ1n) is 15.5. The lowest BCUT2D eigenvalue weighted by atomic mass is 9.97. The third-order valence-electron chi connectivity index (χ3n) is 8.86. The molecule has 14 heteroatoms. The first kappa shape index (κ1) is 34.3. The number of aliphatic carboxylic acids is 1. The smallest absolute Gasteiger partial charge is 0.416 e. The van der Waals surface area contributed by atoms with Crippen LogP contribution in [0.1, 0.15) is 56.8 Å². The number of amides is 1. The molecule has 2 aliphatic rings. The summed E-state index contributed by atoms with van der Waals surface area (Å²) in [4.78, 5) is 42.9. The Hall–Kier alpha value is -4.56. The quantitative estimate of drug-likeness (QED) is 0.227.